The van der Waals surface area contributed by atoms with Crippen LogP contribution >= 0.6 is 11.3 Å². The lowest BCUT2D eigenvalue weighted by molar-refractivity contribution is -0.140. The van der Waals surface area contributed by atoms with Crippen LogP contribution in [0.3, 0.4) is 0 Å². The molecule has 0 spiro atoms. The van der Waals surface area contributed by atoms with E-state index in [0.29, 0.717) is 16.7 Å². The summed E-state index contributed by atoms with van der Waals surface area (Å²) in [5.41, 5.74) is -5.96. The van der Waals surface area contributed by atoms with Crippen LogP contribution in [0.25, 0.3) is 21.0 Å². The van der Waals surface area contributed by atoms with Gasteiger partial charge in [0.2, 0.25) is 0 Å². The number of aromatic nitrogens is 1. The summed E-state index contributed by atoms with van der Waals surface area (Å²) in [6.07, 6.45) is -8.88. The van der Waals surface area contributed by atoms with Crippen molar-refractivity contribution in [1.82, 2.24) is 4.57 Å². The van der Waals surface area contributed by atoms with Gasteiger partial charge in [-0.1, -0.05) is 6.07 Å². The van der Waals surface area contributed by atoms with Crippen LogP contribution in [-0.2, 0) is 30.1 Å². The van der Waals surface area contributed by atoms with Crippen molar-refractivity contribution in [3.8, 4) is 27.1 Å². The van der Waals surface area contributed by atoms with Crippen LogP contribution in [0.2, 0.25) is 0 Å². The van der Waals surface area contributed by atoms with Crippen molar-refractivity contribution in [2.75, 3.05) is 6.26 Å². The number of halogens is 8. The standard InChI is InChI=1S/C26H14F8N2O2S2/c1-40(38)23-7-3-13(8-18(23)26(32,33)34)21-5-6-22(39-21)20-10-17(25(29,30)31)16(11-35)24(37)36(20)12-14-2-4-15(27)9-19(14)28/h2-10H,12H2,1H3. The van der Waals surface area contributed by atoms with E-state index >= 15 is 0 Å². The molecule has 4 aromatic rings. The molecule has 40 heavy (non-hydrogen) atoms. The fraction of sp³-hybridized carbons (Fsp3) is 0.154. The van der Waals surface area contributed by atoms with Gasteiger partial charge in [-0.25, -0.2) is 8.78 Å². The Kier molecular flexibility index (Phi) is 7.85. The maximum absolute atomic E-state index is 14.4. The summed E-state index contributed by atoms with van der Waals surface area (Å²) >= 11 is -1.22. The molecule has 2 aromatic heterocycles. The molecule has 14 heteroatoms. The highest BCUT2D eigenvalue weighted by molar-refractivity contribution is 7.90. The van der Waals surface area contributed by atoms with Gasteiger partial charge in [0, 0.05) is 16.5 Å². The van der Waals surface area contributed by atoms with Gasteiger partial charge in [-0.15, -0.1) is 11.3 Å². The third kappa shape index (κ3) is 5.77. The van der Waals surface area contributed by atoms with E-state index in [-0.39, 0.29) is 20.9 Å². The molecule has 0 saturated heterocycles. The lowest BCUT2D eigenvalue weighted by atomic mass is 10.1. The number of rotatable bonds is 5. The van der Waals surface area contributed by atoms with Crippen molar-refractivity contribution in [3.63, 3.8) is 0 Å². The van der Waals surface area contributed by atoms with Gasteiger partial charge < -0.3 is 9.12 Å². The maximum Gasteiger partial charge on any atom is 0.421 e. The molecule has 0 bridgehead atoms. The average molecular weight is 603 g/mol. The summed E-state index contributed by atoms with van der Waals surface area (Å²) in [4.78, 5) is 12.8. The minimum Gasteiger partial charge on any atom is -0.612 e. The van der Waals surface area contributed by atoms with Crippen LogP contribution in [0.5, 0.6) is 0 Å². The smallest absolute Gasteiger partial charge is 0.421 e. The molecule has 0 amide bonds. The number of thiophene rings is 1. The molecule has 1 atom stereocenters. The van der Waals surface area contributed by atoms with E-state index in [9.17, 15) is 49.7 Å². The third-order valence-corrected chi connectivity index (χ3v) is 7.93. The van der Waals surface area contributed by atoms with Gasteiger partial charge in [0.05, 0.1) is 22.7 Å². The van der Waals surface area contributed by atoms with E-state index in [4.69, 9.17) is 0 Å². The van der Waals surface area contributed by atoms with Crippen molar-refractivity contribution >= 4 is 22.5 Å². The van der Waals surface area contributed by atoms with Gasteiger partial charge in [0.15, 0.2) is 4.90 Å². The summed E-state index contributed by atoms with van der Waals surface area (Å²) in [6.45, 7) is -0.671. The van der Waals surface area contributed by atoms with Crippen molar-refractivity contribution in [2.45, 2.75) is 23.8 Å². The molecule has 0 aliphatic heterocycles. The SMILES string of the molecule is C[S+]([O-])c1ccc(-c2ccc(-c3cc(C(F)(F)F)c(C#N)c(=O)n3Cc3ccc(F)cc3F)s2)cc1C(F)(F)F. The number of nitriles is 1. The van der Waals surface area contributed by atoms with Crippen molar-refractivity contribution in [3.05, 3.63) is 98.8 Å². The number of hydrogen-bond donors (Lipinski definition) is 0. The van der Waals surface area contributed by atoms with Gasteiger partial charge in [0.25, 0.3) is 5.56 Å². The predicted molar refractivity (Wildman–Crippen MR) is 132 cm³/mol. The van der Waals surface area contributed by atoms with Gasteiger partial charge in [0.1, 0.15) is 35.1 Å². The molecule has 208 valence electrons. The molecule has 0 saturated carbocycles. The quantitative estimate of drug-likeness (QED) is 0.179. The van der Waals surface area contributed by atoms with E-state index in [1.165, 1.54) is 24.3 Å². The minimum atomic E-state index is -5.12. The first-order chi connectivity index (χ1) is 18.6. The minimum absolute atomic E-state index is 0.0127. The van der Waals surface area contributed by atoms with Crippen LogP contribution in [-0.4, -0.2) is 15.4 Å². The van der Waals surface area contributed by atoms with Crippen LogP contribution in [0.4, 0.5) is 35.1 Å². The normalized spacial score (nSPS) is 12.8. The Labute approximate surface area is 227 Å². The highest BCUT2D eigenvalue weighted by atomic mass is 32.2. The summed E-state index contributed by atoms with van der Waals surface area (Å²) in [7, 11) is 0. The Hall–Kier alpha value is -3.67. The van der Waals surface area contributed by atoms with Crippen molar-refractivity contribution in [1.29, 1.82) is 5.26 Å². The van der Waals surface area contributed by atoms with E-state index in [0.717, 1.165) is 41.9 Å². The Morgan fingerprint density at radius 1 is 0.925 bits per heavy atom. The molecule has 0 fully saturated rings. The predicted octanol–water partition coefficient (Wildman–Crippen LogP) is 7.22. The first kappa shape index (κ1) is 29.3. The molecular formula is C26H14F8N2O2S2. The zero-order valence-electron chi connectivity index (χ0n) is 20.0. The monoisotopic (exact) mass is 602 g/mol. The second-order valence-corrected chi connectivity index (χ2v) is 10.8. The van der Waals surface area contributed by atoms with E-state index in [2.05, 4.69) is 0 Å². The summed E-state index contributed by atoms with van der Waals surface area (Å²) in [5.74, 6) is -2.02. The maximum atomic E-state index is 14.4. The second-order valence-electron chi connectivity index (χ2n) is 8.38. The zero-order chi connectivity index (χ0) is 29.6. The molecule has 0 N–H and O–H groups in total. The molecule has 2 heterocycles. The van der Waals surface area contributed by atoms with Crippen molar-refractivity contribution < 1.29 is 39.7 Å². The third-order valence-electron chi connectivity index (χ3n) is 5.80. The fourth-order valence-corrected chi connectivity index (χ4v) is 5.72. The summed E-state index contributed by atoms with van der Waals surface area (Å²) in [6, 6.07) is 9.78. The van der Waals surface area contributed by atoms with Crippen LogP contribution in [0, 0.1) is 23.0 Å². The number of alkyl halides is 6. The van der Waals surface area contributed by atoms with Gasteiger partial charge in [-0.3, -0.25) is 4.79 Å². The largest absolute Gasteiger partial charge is 0.612 e. The van der Waals surface area contributed by atoms with Gasteiger partial charge in [-0.2, -0.15) is 31.6 Å². The van der Waals surface area contributed by atoms with E-state index in [1.807, 2.05) is 0 Å². The lowest BCUT2D eigenvalue weighted by Crippen LogP contribution is -2.28. The van der Waals surface area contributed by atoms with Gasteiger partial charge in [-0.05, 0) is 59.2 Å². The van der Waals surface area contributed by atoms with E-state index < -0.39 is 74.5 Å². The molecule has 2 aromatic carbocycles. The highest BCUT2D eigenvalue weighted by Gasteiger charge is 2.38. The number of nitrogens with zero attached hydrogens (tertiary/aromatic N) is 2. The molecule has 4 rings (SSSR count). The Morgan fingerprint density at radius 2 is 1.57 bits per heavy atom. The first-order valence-corrected chi connectivity index (χ1v) is 13.3. The Morgan fingerprint density at radius 3 is 2.15 bits per heavy atom. The Bertz CT molecular complexity index is 1700. The molecule has 0 aliphatic rings. The molecule has 0 aliphatic carbocycles. The molecule has 0 radical (unpaired) electrons. The molecular weight excluding hydrogens is 588 g/mol. The zero-order valence-corrected chi connectivity index (χ0v) is 21.6. The topological polar surface area (TPSA) is 68.8 Å². The van der Waals surface area contributed by atoms with E-state index in [1.54, 1.807) is 0 Å². The second kappa shape index (κ2) is 10.7. The Balaban J connectivity index is 1.92. The van der Waals surface area contributed by atoms with Crippen LogP contribution < -0.4 is 5.56 Å². The van der Waals surface area contributed by atoms with Crippen LogP contribution in [0.1, 0.15) is 22.3 Å². The van der Waals surface area contributed by atoms with Crippen molar-refractivity contribution in [2.24, 2.45) is 0 Å². The van der Waals surface area contributed by atoms with Crippen LogP contribution in [0.15, 0.2) is 64.3 Å². The number of benzene rings is 2. The molecule has 4 nitrogen and oxygen atoms in total. The summed E-state index contributed by atoms with van der Waals surface area (Å²) in [5, 5.41) is 9.31. The molecule has 1 unspecified atom stereocenters. The number of hydrogen-bond acceptors (Lipinski definition) is 4. The highest BCUT2D eigenvalue weighted by Crippen LogP contribution is 2.41. The summed E-state index contributed by atoms with van der Waals surface area (Å²) < 4.78 is 122. The first-order valence-electron chi connectivity index (χ1n) is 11.0. The lowest BCUT2D eigenvalue weighted by Gasteiger charge is -2.17. The number of pyridine rings is 1. The van der Waals surface area contributed by atoms with Gasteiger partial charge >= 0.3 is 12.4 Å². The fourth-order valence-electron chi connectivity index (χ4n) is 3.95. The average Bonchev–Trinajstić information content (AvgIpc) is 3.35.